The topological polar surface area (TPSA) is 108 Å². The third kappa shape index (κ3) is 4.41. The zero-order valence-corrected chi connectivity index (χ0v) is 16.0. The van der Waals surface area contributed by atoms with Gasteiger partial charge in [-0.1, -0.05) is 0 Å². The molecule has 0 aliphatic rings. The Morgan fingerprint density at radius 3 is 2.82 bits per heavy atom. The third-order valence-corrected chi connectivity index (χ3v) is 4.21. The van der Waals surface area contributed by atoms with Crippen molar-refractivity contribution in [2.45, 2.75) is 13.5 Å². The Bertz CT molecular complexity index is 1090. The van der Waals surface area contributed by atoms with Gasteiger partial charge in [0, 0.05) is 17.2 Å². The van der Waals surface area contributed by atoms with Crippen LogP contribution in [0.15, 0.2) is 47.8 Å². The molecule has 0 aliphatic carbocycles. The van der Waals surface area contributed by atoms with Crippen LogP contribution < -0.4 is 9.47 Å². The van der Waals surface area contributed by atoms with Crippen molar-refractivity contribution in [2.75, 3.05) is 7.11 Å². The van der Waals surface area contributed by atoms with E-state index in [0.717, 1.165) is 11.1 Å². The zero-order chi connectivity index (χ0) is 20.1. The highest BCUT2D eigenvalue weighted by molar-refractivity contribution is 7.71. The predicted octanol–water partition coefficient (Wildman–Crippen LogP) is 3.63. The van der Waals surface area contributed by atoms with Gasteiger partial charge in [0.2, 0.25) is 4.77 Å². The molecule has 0 saturated heterocycles. The lowest BCUT2D eigenvalue weighted by Crippen LogP contribution is -2.01. The molecular formula is C18H17N5O4S. The fraction of sp³-hybridized carbons (Fsp3) is 0.167. The molecule has 0 aliphatic heterocycles. The predicted molar refractivity (Wildman–Crippen MR) is 106 cm³/mol. The maximum atomic E-state index is 10.9. The second kappa shape index (κ2) is 8.44. The summed E-state index contributed by atoms with van der Waals surface area (Å²) >= 11 is 5.05. The van der Waals surface area contributed by atoms with Gasteiger partial charge in [0.05, 0.1) is 18.2 Å². The van der Waals surface area contributed by atoms with Crippen LogP contribution in [0.2, 0.25) is 0 Å². The van der Waals surface area contributed by atoms with E-state index in [-0.39, 0.29) is 12.3 Å². The van der Waals surface area contributed by atoms with Crippen LogP contribution in [0.4, 0.5) is 5.69 Å². The van der Waals surface area contributed by atoms with Crippen molar-refractivity contribution >= 4 is 24.1 Å². The van der Waals surface area contributed by atoms with Crippen molar-refractivity contribution in [1.29, 1.82) is 0 Å². The Morgan fingerprint density at radius 1 is 1.36 bits per heavy atom. The Kier molecular flexibility index (Phi) is 5.80. The highest BCUT2D eigenvalue weighted by Gasteiger charge is 2.11. The van der Waals surface area contributed by atoms with Gasteiger partial charge in [-0.05, 0) is 55.0 Å². The second-order valence-electron chi connectivity index (χ2n) is 5.82. The molecule has 3 aromatic rings. The van der Waals surface area contributed by atoms with Gasteiger partial charge in [0.25, 0.3) is 5.69 Å². The molecule has 9 nitrogen and oxygen atoms in total. The van der Waals surface area contributed by atoms with E-state index >= 15 is 0 Å². The number of methoxy groups -OCH3 is 1. The Morgan fingerprint density at radius 2 is 2.18 bits per heavy atom. The molecule has 0 fully saturated rings. The number of nitro benzene ring substituents is 1. The summed E-state index contributed by atoms with van der Waals surface area (Å²) in [7, 11) is 1.58. The van der Waals surface area contributed by atoms with Crippen molar-refractivity contribution in [2.24, 2.45) is 5.10 Å². The summed E-state index contributed by atoms with van der Waals surface area (Å²) in [6.07, 6.45) is 3.12. The van der Waals surface area contributed by atoms with Crippen molar-refractivity contribution in [3.63, 3.8) is 0 Å². The number of nitrogens with one attached hydrogen (secondary N) is 1. The number of nitrogens with zero attached hydrogens (tertiary/aromatic N) is 4. The normalized spacial score (nSPS) is 10.9. The highest BCUT2D eigenvalue weighted by atomic mass is 32.1. The molecule has 0 bridgehead atoms. The molecule has 1 aromatic heterocycles. The zero-order valence-electron chi connectivity index (χ0n) is 15.2. The van der Waals surface area contributed by atoms with Crippen LogP contribution in [0.3, 0.4) is 0 Å². The lowest BCUT2D eigenvalue weighted by Gasteiger charge is -2.11. The number of ether oxygens (including phenoxy) is 2. The molecule has 2 aromatic carbocycles. The fourth-order valence-corrected chi connectivity index (χ4v) is 2.68. The quantitative estimate of drug-likeness (QED) is 0.281. The lowest BCUT2D eigenvalue weighted by molar-refractivity contribution is -0.385. The molecule has 0 amide bonds. The summed E-state index contributed by atoms with van der Waals surface area (Å²) in [5.74, 6) is 1.20. The van der Waals surface area contributed by atoms with Gasteiger partial charge in [-0.2, -0.15) is 14.9 Å². The van der Waals surface area contributed by atoms with Crippen LogP contribution in [0.1, 0.15) is 16.7 Å². The van der Waals surface area contributed by atoms with Gasteiger partial charge in [-0.3, -0.25) is 15.2 Å². The minimum atomic E-state index is -0.419. The van der Waals surface area contributed by atoms with Crippen LogP contribution >= 0.6 is 12.2 Å². The van der Waals surface area contributed by atoms with E-state index in [1.54, 1.807) is 32.4 Å². The SMILES string of the molecule is COc1ccc(C=Nn2cn[nH]c2=S)cc1COc1ccc([N+](=O)[O-])c(C)c1. The van der Waals surface area contributed by atoms with Crippen LogP contribution in [-0.2, 0) is 6.61 Å². The Balaban J connectivity index is 1.78. The summed E-state index contributed by atoms with van der Waals surface area (Å²) in [6.45, 7) is 1.90. The van der Waals surface area contributed by atoms with Crippen LogP contribution in [0.5, 0.6) is 11.5 Å². The maximum Gasteiger partial charge on any atom is 0.272 e. The monoisotopic (exact) mass is 399 g/mol. The minimum Gasteiger partial charge on any atom is -0.496 e. The molecule has 1 heterocycles. The van der Waals surface area contributed by atoms with Crippen molar-refractivity contribution in [3.8, 4) is 11.5 Å². The highest BCUT2D eigenvalue weighted by Crippen LogP contribution is 2.25. The lowest BCUT2D eigenvalue weighted by atomic mass is 10.1. The van der Waals surface area contributed by atoms with E-state index in [4.69, 9.17) is 21.7 Å². The fourth-order valence-electron chi connectivity index (χ4n) is 2.53. The number of hydrogen-bond donors (Lipinski definition) is 1. The number of rotatable bonds is 7. The van der Waals surface area contributed by atoms with Crippen molar-refractivity contribution in [3.05, 3.63) is 74.3 Å². The van der Waals surface area contributed by atoms with Gasteiger partial charge >= 0.3 is 0 Å². The van der Waals surface area contributed by atoms with E-state index in [1.807, 2.05) is 18.2 Å². The average Bonchev–Trinajstić information content (AvgIpc) is 3.09. The number of hydrogen-bond acceptors (Lipinski definition) is 7. The van der Waals surface area contributed by atoms with E-state index in [1.165, 1.54) is 17.1 Å². The molecule has 0 spiro atoms. The summed E-state index contributed by atoms with van der Waals surface area (Å²) in [5.41, 5.74) is 2.22. The maximum absolute atomic E-state index is 10.9. The molecular weight excluding hydrogens is 382 g/mol. The standard InChI is InChI=1S/C18H17N5O4S/c1-12-7-15(4-5-16(12)23(24)25)27-10-14-8-13(3-6-17(14)26-2)9-20-22-11-19-21-18(22)28/h3-9,11H,10H2,1-2H3,(H,21,28). The van der Waals surface area contributed by atoms with Crippen LogP contribution in [0, 0.1) is 21.8 Å². The Hall–Kier alpha value is -3.53. The number of benzene rings is 2. The first-order valence-electron chi connectivity index (χ1n) is 8.19. The van der Waals surface area contributed by atoms with E-state index < -0.39 is 4.92 Å². The largest absolute Gasteiger partial charge is 0.496 e. The summed E-state index contributed by atoms with van der Waals surface area (Å²) in [6, 6.07) is 10.2. The summed E-state index contributed by atoms with van der Waals surface area (Å²) < 4.78 is 13.0. The summed E-state index contributed by atoms with van der Waals surface area (Å²) in [5, 5.41) is 21.6. The first-order valence-corrected chi connectivity index (χ1v) is 8.60. The first-order chi connectivity index (χ1) is 13.5. The molecule has 3 rings (SSSR count). The molecule has 10 heteroatoms. The summed E-state index contributed by atoms with van der Waals surface area (Å²) in [4.78, 5) is 10.5. The number of aryl methyl sites for hydroxylation is 1. The van der Waals surface area contributed by atoms with E-state index in [0.29, 0.717) is 21.8 Å². The van der Waals surface area contributed by atoms with Crippen LogP contribution in [0.25, 0.3) is 0 Å². The van der Waals surface area contributed by atoms with Gasteiger partial charge in [-0.25, -0.2) is 0 Å². The Labute approximate surface area is 165 Å². The van der Waals surface area contributed by atoms with Crippen molar-refractivity contribution in [1.82, 2.24) is 14.9 Å². The van der Waals surface area contributed by atoms with Gasteiger partial charge in [0.15, 0.2) is 0 Å². The molecule has 144 valence electrons. The third-order valence-electron chi connectivity index (χ3n) is 3.93. The number of H-pyrrole nitrogens is 1. The van der Waals surface area contributed by atoms with Gasteiger partial charge in [0.1, 0.15) is 24.4 Å². The van der Waals surface area contributed by atoms with E-state index in [2.05, 4.69) is 15.3 Å². The van der Waals surface area contributed by atoms with Crippen molar-refractivity contribution < 1.29 is 14.4 Å². The van der Waals surface area contributed by atoms with Crippen LogP contribution in [-0.4, -0.2) is 33.1 Å². The van der Waals surface area contributed by atoms with Gasteiger partial charge < -0.3 is 9.47 Å². The average molecular weight is 399 g/mol. The van der Waals surface area contributed by atoms with Gasteiger partial charge in [-0.15, -0.1) is 0 Å². The minimum absolute atomic E-state index is 0.0565. The number of aromatic nitrogens is 3. The number of aromatic amines is 1. The molecule has 1 N–H and O–H groups in total. The molecule has 0 unspecified atom stereocenters. The smallest absolute Gasteiger partial charge is 0.272 e. The molecule has 28 heavy (non-hydrogen) atoms. The van der Waals surface area contributed by atoms with E-state index in [9.17, 15) is 10.1 Å². The number of nitro groups is 1. The molecule has 0 atom stereocenters. The first kappa shape index (κ1) is 19.2. The molecule has 0 radical (unpaired) electrons. The second-order valence-corrected chi connectivity index (χ2v) is 6.20. The molecule has 0 saturated carbocycles.